The van der Waals surface area contributed by atoms with Crippen molar-refractivity contribution in [1.29, 1.82) is 0 Å². The Bertz CT molecular complexity index is 1140. The van der Waals surface area contributed by atoms with Crippen LogP contribution in [0.3, 0.4) is 0 Å². The van der Waals surface area contributed by atoms with Gasteiger partial charge in [-0.15, -0.1) is 0 Å². The number of anilines is 1. The highest BCUT2D eigenvalue weighted by Crippen LogP contribution is 2.22. The van der Waals surface area contributed by atoms with Gasteiger partial charge >= 0.3 is 0 Å². The fourth-order valence-corrected chi connectivity index (χ4v) is 6.01. The van der Waals surface area contributed by atoms with Crippen molar-refractivity contribution in [3.8, 4) is 0 Å². The van der Waals surface area contributed by atoms with Gasteiger partial charge in [-0.05, 0) is 75.3 Å². The van der Waals surface area contributed by atoms with Crippen molar-refractivity contribution >= 4 is 27.5 Å². The first-order valence-electron chi connectivity index (χ1n) is 13.2. The molecule has 0 spiro atoms. The van der Waals surface area contributed by atoms with Crippen LogP contribution in [-0.2, 0) is 26.0 Å². The van der Waals surface area contributed by atoms with Crippen LogP contribution in [0.15, 0.2) is 48.5 Å². The van der Waals surface area contributed by atoms with Gasteiger partial charge in [0, 0.05) is 25.6 Å². The first-order chi connectivity index (χ1) is 17.5. The van der Waals surface area contributed by atoms with Crippen molar-refractivity contribution < 1.29 is 18.0 Å². The number of sulfonamides is 1. The highest BCUT2D eigenvalue weighted by molar-refractivity contribution is 7.92. The van der Waals surface area contributed by atoms with E-state index in [1.165, 1.54) is 10.6 Å². The van der Waals surface area contributed by atoms with Crippen molar-refractivity contribution in [2.45, 2.75) is 77.8 Å². The minimum Gasteiger partial charge on any atom is -0.352 e. The number of carbonyl (C=O) groups excluding carboxylic acids is 2. The first-order valence-corrected chi connectivity index (χ1v) is 15.1. The molecular formula is C29H41N3O4S. The fraction of sp³-hybridized carbons (Fsp3) is 0.517. The summed E-state index contributed by atoms with van der Waals surface area (Å²) < 4.78 is 26.5. The second-order valence-corrected chi connectivity index (χ2v) is 12.2. The lowest BCUT2D eigenvalue weighted by atomic mass is 10.1. The molecule has 37 heavy (non-hydrogen) atoms. The molecule has 8 heteroatoms. The monoisotopic (exact) mass is 527 g/mol. The minimum atomic E-state index is -3.51. The summed E-state index contributed by atoms with van der Waals surface area (Å²) in [5, 5.41) is 3.12. The topological polar surface area (TPSA) is 86.8 Å². The summed E-state index contributed by atoms with van der Waals surface area (Å²) in [6, 6.07) is 15.2. The zero-order valence-corrected chi connectivity index (χ0v) is 23.4. The predicted octanol–water partition coefficient (Wildman–Crippen LogP) is 4.37. The molecule has 0 bridgehead atoms. The molecule has 2 aromatic rings. The molecule has 1 atom stereocenters. The van der Waals surface area contributed by atoms with Gasteiger partial charge in [-0.3, -0.25) is 13.9 Å². The van der Waals surface area contributed by atoms with E-state index < -0.39 is 16.1 Å². The Hall–Kier alpha value is -2.87. The third kappa shape index (κ3) is 8.59. The zero-order chi connectivity index (χ0) is 27.0. The molecule has 3 rings (SSSR count). The van der Waals surface area contributed by atoms with Crippen LogP contribution >= 0.6 is 0 Å². The smallest absolute Gasteiger partial charge is 0.242 e. The van der Waals surface area contributed by atoms with Gasteiger partial charge in [-0.2, -0.15) is 0 Å². The number of aryl methyl sites for hydroxylation is 2. The van der Waals surface area contributed by atoms with Crippen LogP contribution in [0.5, 0.6) is 0 Å². The number of hydrogen-bond acceptors (Lipinski definition) is 4. The van der Waals surface area contributed by atoms with Crippen molar-refractivity contribution in [1.82, 2.24) is 10.2 Å². The second-order valence-electron chi connectivity index (χ2n) is 10.3. The van der Waals surface area contributed by atoms with Gasteiger partial charge in [0.05, 0.1) is 11.9 Å². The molecule has 2 amide bonds. The van der Waals surface area contributed by atoms with E-state index in [9.17, 15) is 18.0 Å². The number of nitrogens with zero attached hydrogens (tertiary/aromatic N) is 2. The first kappa shape index (κ1) is 28.7. The SMILES string of the molecule is Cc1cc(C)cc(N(CCCC(=O)N(CCc2ccccc2)C(C)C(=O)NC2CCCC2)S(C)(=O)=O)c1. The highest BCUT2D eigenvalue weighted by Gasteiger charge is 2.28. The number of amides is 2. The number of carbonyl (C=O) groups is 2. The van der Waals surface area contributed by atoms with Crippen molar-refractivity contribution in [3.63, 3.8) is 0 Å². The van der Waals surface area contributed by atoms with E-state index in [1.807, 2.05) is 62.4 Å². The summed E-state index contributed by atoms with van der Waals surface area (Å²) in [4.78, 5) is 28.1. The van der Waals surface area contributed by atoms with E-state index in [4.69, 9.17) is 0 Å². The fourth-order valence-electron chi connectivity index (χ4n) is 5.06. The van der Waals surface area contributed by atoms with Crippen LogP contribution in [-0.4, -0.2) is 56.6 Å². The van der Waals surface area contributed by atoms with Gasteiger partial charge < -0.3 is 10.2 Å². The number of nitrogens with one attached hydrogen (secondary N) is 1. The van der Waals surface area contributed by atoms with Gasteiger partial charge in [-0.1, -0.05) is 49.2 Å². The predicted molar refractivity (Wildman–Crippen MR) is 149 cm³/mol. The van der Waals surface area contributed by atoms with Gasteiger partial charge in [0.15, 0.2) is 0 Å². The van der Waals surface area contributed by atoms with E-state index in [0.29, 0.717) is 25.1 Å². The lowest BCUT2D eigenvalue weighted by Gasteiger charge is -2.30. The molecule has 202 valence electrons. The van der Waals surface area contributed by atoms with Crippen LogP contribution in [0.4, 0.5) is 5.69 Å². The van der Waals surface area contributed by atoms with Gasteiger partial charge in [-0.25, -0.2) is 8.42 Å². The summed E-state index contributed by atoms with van der Waals surface area (Å²) in [6.45, 7) is 6.27. The quantitative estimate of drug-likeness (QED) is 0.444. The Kier molecular flexibility index (Phi) is 10.1. The summed E-state index contributed by atoms with van der Waals surface area (Å²) in [6.07, 6.45) is 6.55. The van der Waals surface area contributed by atoms with Crippen molar-refractivity contribution in [2.75, 3.05) is 23.7 Å². The molecule has 1 aliphatic rings. The minimum absolute atomic E-state index is 0.124. The third-order valence-electron chi connectivity index (χ3n) is 7.00. The lowest BCUT2D eigenvalue weighted by Crippen LogP contribution is -2.50. The molecule has 0 radical (unpaired) electrons. The van der Waals surface area contributed by atoms with Crippen LogP contribution in [0.1, 0.15) is 62.1 Å². The molecule has 7 nitrogen and oxygen atoms in total. The zero-order valence-electron chi connectivity index (χ0n) is 22.6. The molecule has 0 aromatic heterocycles. The highest BCUT2D eigenvalue weighted by atomic mass is 32.2. The Labute approximate surface area is 222 Å². The number of hydrogen-bond donors (Lipinski definition) is 1. The Morgan fingerprint density at radius 2 is 1.62 bits per heavy atom. The van der Waals surface area contributed by atoms with E-state index in [1.54, 1.807) is 11.8 Å². The van der Waals surface area contributed by atoms with Crippen LogP contribution in [0, 0.1) is 13.8 Å². The van der Waals surface area contributed by atoms with Crippen LogP contribution in [0.2, 0.25) is 0 Å². The molecule has 0 saturated heterocycles. The summed E-state index contributed by atoms with van der Waals surface area (Å²) in [5.74, 6) is -0.264. The normalized spacial score (nSPS) is 14.8. The Balaban J connectivity index is 1.69. The molecule has 1 unspecified atom stereocenters. The third-order valence-corrected chi connectivity index (χ3v) is 8.19. The molecule has 1 aliphatic carbocycles. The van der Waals surface area contributed by atoms with Crippen molar-refractivity contribution in [3.05, 3.63) is 65.2 Å². The van der Waals surface area contributed by atoms with E-state index >= 15 is 0 Å². The second kappa shape index (κ2) is 13.1. The standard InChI is InChI=1S/C29H41N3O4S/c1-22-19-23(2)21-27(20-22)32(37(4,35)36)17-10-15-28(33)31(18-16-25-11-6-5-7-12-25)24(3)29(34)30-26-13-8-9-14-26/h5-7,11-12,19-21,24,26H,8-10,13-18H2,1-4H3,(H,30,34). The maximum atomic E-state index is 13.4. The number of benzene rings is 2. The molecule has 1 N–H and O–H groups in total. The molecule has 0 heterocycles. The van der Waals surface area contributed by atoms with Crippen molar-refractivity contribution in [2.24, 2.45) is 0 Å². The maximum absolute atomic E-state index is 13.4. The largest absolute Gasteiger partial charge is 0.352 e. The van der Waals surface area contributed by atoms with Crippen LogP contribution in [0.25, 0.3) is 0 Å². The molecular weight excluding hydrogens is 486 g/mol. The summed E-state index contributed by atoms with van der Waals surface area (Å²) in [5.41, 5.74) is 3.67. The van der Waals surface area contributed by atoms with Gasteiger partial charge in [0.2, 0.25) is 21.8 Å². The van der Waals surface area contributed by atoms with Gasteiger partial charge in [0.25, 0.3) is 0 Å². The molecule has 0 aliphatic heterocycles. The summed E-state index contributed by atoms with van der Waals surface area (Å²) >= 11 is 0. The van der Waals surface area contributed by atoms with Crippen LogP contribution < -0.4 is 9.62 Å². The molecule has 1 saturated carbocycles. The van der Waals surface area contributed by atoms with E-state index in [-0.39, 0.29) is 30.8 Å². The lowest BCUT2D eigenvalue weighted by molar-refractivity contribution is -0.140. The van der Waals surface area contributed by atoms with E-state index in [2.05, 4.69) is 5.32 Å². The average molecular weight is 528 g/mol. The molecule has 1 fully saturated rings. The number of rotatable bonds is 12. The van der Waals surface area contributed by atoms with Gasteiger partial charge in [0.1, 0.15) is 6.04 Å². The summed E-state index contributed by atoms with van der Waals surface area (Å²) in [7, 11) is -3.51. The maximum Gasteiger partial charge on any atom is 0.242 e. The Morgan fingerprint density at radius 3 is 2.22 bits per heavy atom. The van der Waals surface area contributed by atoms with E-state index in [0.717, 1.165) is 42.4 Å². The molecule has 2 aromatic carbocycles. The Morgan fingerprint density at radius 1 is 1.00 bits per heavy atom. The average Bonchev–Trinajstić information content (AvgIpc) is 3.34.